The van der Waals surface area contributed by atoms with Crippen molar-refractivity contribution in [2.24, 2.45) is 5.92 Å². The molecule has 8 heteroatoms. The van der Waals surface area contributed by atoms with Gasteiger partial charge in [-0.25, -0.2) is 8.78 Å². The van der Waals surface area contributed by atoms with Crippen LogP contribution in [0.1, 0.15) is 30.1 Å². The van der Waals surface area contributed by atoms with E-state index in [2.05, 4.69) is 5.32 Å². The van der Waals surface area contributed by atoms with E-state index in [-0.39, 0.29) is 12.4 Å². The van der Waals surface area contributed by atoms with Crippen molar-refractivity contribution in [3.05, 3.63) is 29.1 Å². The number of hydrogen-bond acceptors (Lipinski definition) is 3. The fourth-order valence-electron chi connectivity index (χ4n) is 2.61. The second kappa shape index (κ2) is 8.40. The second-order valence-corrected chi connectivity index (χ2v) is 5.43. The van der Waals surface area contributed by atoms with Crippen LogP contribution in [0.4, 0.5) is 13.2 Å². The Hall–Kier alpha value is -1.47. The minimum Gasteiger partial charge on any atom is -0.503 e. The lowest BCUT2D eigenvalue weighted by Gasteiger charge is -2.32. The number of likely N-dealkylation sites (tertiary alicyclic amines) is 1. The monoisotopic (exact) mass is 352 g/mol. The summed E-state index contributed by atoms with van der Waals surface area (Å²) < 4.78 is 40.1. The van der Waals surface area contributed by atoms with Gasteiger partial charge in [0.25, 0.3) is 5.91 Å². The number of nitrogens with one attached hydrogen (secondary N) is 1. The van der Waals surface area contributed by atoms with Gasteiger partial charge in [-0.3, -0.25) is 4.79 Å². The van der Waals surface area contributed by atoms with Crippen molar-refractivity contribution >= 4 is 18.3 Å². The minimum atomic E-state index is -1.68. The lowest BCUT2D eigenvalue weighted by molar-refractivity contribution is 0.0683. The molecule has 1 aliphatic rings. The molecule has 1 aliphatic heterocycles. The maximum Gasteiger partial charge on any atom is 0.257 e. The lowest BCUT2D eigenvalue weighted by Crippen LogP contribution is -2.41. The molecule has 0 atom stereocenters. The number of phenols is 1. The first-order chi connectivity index (χ1) is 10.5. The molecule has 4 nitrogen and oxygen atoms in total. The molecule has 0 unspecified atom stereocenters. The molecule has 0 aliphatic carbocycles. The molecule has 0 saturated carbocycles. The fourth-order valence-corrected chi connectivity index (χ4v) is 2.61. The first-order valence-electron chi connectivity index (χ1n) is 7.32. The van der Waals surface area contributed by atoms with Crippen LogP contribution in [0.2, 0.25) is 0 Å². The van der Waals surface area contributed by atoms with Crippen LogP contribution in [0.15, 0.2) is 6.07 Å². The molecule has 130 valence electrons. The van der Waals surface area contributed by atoms with E-state index in [9.17, 15) is 23.1 Å². The predicted octanol–water partition coefficient (Wildman–Crippen LogP) is 2.69. The summed E-state index contributed by atoms with van der Waals surface area (Å²) in [6, 6.07) is 0.497. The zero-order valence-corrected chi connectivity index (χ0v) is 13.6. The Morgan fingerprint density at radius 1 is 1.30 bits per heavy atom. The number of piperidine rings is 1. The molecule has 0 aromatic heterocycles. The fraction of sp³-hybridized carbons (Fsp3) is 0.533. The molecule has 2 rings (SSSR count). The van der Waals surface area contributed by atoms with E-state index < -0.39 is 34.7 Å². The third-order valence-electron chi connectivity index (χ3n) is 3.95. The highest BCUT2D eigenvalue weighted by molar-refractivity contribution is 5.95. The Bertz CT molecular complexity index is 564. The van der Waals surface area contributed by atoms with E-state index in [4.69, 9.17) is 0 Å². The normalized spacial score (nSPS) is 15.4. The number of phenolic OH excluding ortho intramolecular Hbond substituents is 1. The number of amides is 1. The smallest absolute Gasteiger partial charge is 0.257 e. The van der Waals surface area contributed by atoms with E-state index in [1.165, 1.54) is 4.90 Å². The predicted molar refractivity (Wildman–Crippen MR) is 82.4 cm³/mol. The largest absolute Gasteiger partial charge is 0.503 e. The van der Waals surface area contributed by atoms with E-state index >= 15 is 0 Å². The highest BCUT2D eigenvalue weighted by Gasteiger charge is 2.28. The van der Waals surface area contributed by atoms with Gasteiger partial charge in [0.2, 0.25) is 5.82 Å². The molecule has 1 aromatic carbocycles. The molecule has 0 spiro atoms. The van der Waals surface area contributed by atoms with Crippen LogP contribution in [0.25, 0.3) is 0 Å². The van der Waals surface area contributed by atoms with Crippen LogP contribution in [-0.4, -0.2) is 42.1 Å². The SMILES string of the molecule is CCNCC1CCN(C(=O)c2cc(F)c(F)c(O)c2F)CC1.Cl. The summed E-state index contributed by atoms with van der Waals surface area (Å²) >= 11 is 0. The summed E-state index contributed by atoms with van der Waals surface area (Å²) in [5, 5.41) is 12.4. The molecule has 1 fully saturated rings. The number of nitrogens with zero attached hydrogens (tertiary/aromatic N) is 1. The van der Waals surface area contributed by atoms with Gasteiger partial charge in [-0.1, -0.05) is 6.92 Å². The topological polar surface area (TPSA) is 52.6 Å². The van der Waals surface area contributed by atoms with Gasteiger partial charge in [0, 0.05) is 13.1 Å². The minimum absolute atomic E-state index is 0. The van der Waals surface area contributed by atoms with E-state index in [1.807, 2.05) is 6.92 Å². The first-order valence-corrected chi connectivity index (χ1v) is 7.32. The molecule has 1 aromatic rings. The summed E-state index contributed by atoms with van der Waals surface area (Å²) in [6.45, 7) is 4.59. The highest BCUT2D eigenvalue weighted by Crippen LogP contribution is 2.27. The van der Waals surface area contributed by atoms with Gasteiger partial charge in [-0.05, 0) is 37.9 Å². The molecule has 1 saturated heterocycles. The van der Waals surface area contributed by atoms with Crippen molar-refractivity contribution in [3.8, 4) is 5.75 Å². The number of halogens is 4. The second-order valence-electron chi connectivity index (χ2n) is 5.43. The number of carbonyl (C=O) groups excluding carboxylic acids is 1. The third-order valence-corrected chi connectivity index (χ3v) is 3.95. The molecule has 0 bridgehead atoms. The number of aromatic hydroxyl groups is 1. The van der Waals surface area contributed by atoms with Crippen LogP contribution >= 0.6 is 12.4 Å². The molecule has 0 radical (unpaired) electrons. The lowest BCUT2D eigenvalue weighted by atomic mass is 9.96. The standard InChI is InChI=1S/C15H19F3N2O2.ClH/c1-2-19-8-9-3-5-20(6-4-9)15(22)10-7-11(16)13(18)14(21)12(10)17;/h7,9,19,21H,2-6,8H2,1H3;1H. The van der Waals surface area contributed by atoms with Crippen LogP contribution < -0.4 is 5.32 Å². The Morgan fingerprint density at radius 3 is 2.48 bits per heavy atom. The first kappa shape index (κ1) is 19.6. The van der Waals surface area contributed by atoms with E-state index in [0.717, 1.165) is 25.9 Å². The zero-order valence-electron chi connectivity index (χ0n) is 12.7. The van der Waals surface area contributed by atoms with Crippen molar-refractivity contribution in [2.45, 2.75) is 19.8 Å². The number of rotatable bonds is 4. The zero-order chi connectivity index (χ0) is 16.3. The summed E-state index contributed by atoms with van der Waals surface area (Å²) in [4.78, 5) is 13.6. The van der Waals surface area contributed by atoms with Gasteiger partial charge < -0.3 is 15.3 Å². The number of hydrogen-bond donors (Lipinski definition) is 2. The summed E-state index contributed by atoms with van der Waals surface area (Å²) in [7, 11) is 0. The maximum absolute atomic E-state index is 13.8. The highest BCUT2D eigenvalue weighted by atomic mass is 35.5. The van der Waals surface area contributed by atoms with Crippen molar-refractivity contribution in [1.82, 2.24) is 10.2 Å². The Kier molecular flexibility index (Phi) is 7.15. The van der Waals surface area contributed by atoms with Gasteiger partial charge >= 0.3 is 0 Å². The Labute approximate surface area is 139 Å². The van der Waals surface area contributed by atoms with Crippen LogP contribution in [0, 0.1) is 23.4 Å². The average Bonchev–Trinajstić information content (AvgIpc) is 2.54. The van der Waals surface area contributed by atoms with Crippen molar-refractivity contribution in [2.75, 3.05) is 26.2 Å². The van der Waals surface area contributed by atoms with Crippen molar-refractivity contribution < 1.29 is 23.1 Å². The molecule has 1 heterocycles. The molecular formula is C15H20ClF3N2O2. The van der Waals surface area contributed by atoms with Gasteiger partial charge in [0.1, 0.15) is 0 Å². The van der Waals surface area contributed by atoms with Crippen molar-refractivity contribution in [1.29, 1.82) is 0 Å². The maximum atomic E-state index is 13.8. The summed E-state index contributed by atoms with van der Waals surface area (Å²) in [5.74, 6) is -6.28. The molecular weight excluding hydrogens is 333 g/mol. The van der Waals surface area contributed by atoms with Crippen LogP contribution in [0.5, 0.6) is 5.75 Å². The van der Waals surface area contributed by atoms with Crippen molar-refractivity contribution in [3.63, 3.8) is 0 Å². The molecule has 2 N–H and O–H groups in total. The quantitative estimate of drug-likeness (QED) is 0.819. The summed E-state index contributed by atoms with van der Waals surface area (Å²) in [5.41, 5.74) is -0.637. The summed E-state index contributed by atoms with van der Waals surface area (Å²) in [6.07, 6.45) is 1.52. The average molecular weight is 353 g/mol. The third kappa shape index (κ3) is 4.29. The van der Waals surface area contributed by atoms with E-state index in [1.54, 1.807) is 0 Å². The molecule has 1 amide bonds. The van der Waals surface area contributed by atoms with Crippen LogP contribution in [-0.2, 0) is 0 Å². The Morgan fingerprint density at radius 2 is 1.91 bits per heavy atom. The van der Waals surface area contributed by atoms with Gasteiger partial charge in [-0.15, -0.1) is 12.4 Å². The molecule has 23 heavy (non-hydrogen) atoms. The number of carbonyl (C=O) groups is 1. The van der Waals surface area contributed by atoms with Crippen LogP contribution in [0.3, 0.4) is 0 Å². The Balaban J connectivity index is 0.00000264. The van der Waals surface area contributed by atoms with E-state index in [0.29, 0.717) is 25.1 Å². The van der Waals surface area contributed by atoms with Gasteiger partial charge in [0.15, 0.2) is 17.4 Å². The van der Waals surface area contributed by atoms with Gasteiger partial charge in [0.05, 0.1) is 5.56 Å². The van der Waals surface area contributed by atoms with Gasteiger partial charge in [-0.2, -0.15) is 4.39 Å². The number of benzene rings is 1.